The maximum Gasteiger partial charge on any atom is 0.165 e. The van der Waals surface area contributed by atoms with Crippen LogP contribution in [0.1, 0.15) is 33.1 Å². The highest BCUT2D eigenvalue weighted by molar-refractivity contribution is 5.27. The van der Waals surface area contributed by atoms with E-state index in [4.69, 9.17) is 9.47 Å². The van der Waals surface area contributed by atoms with Crippen LogP contribution in [0.2, 0.25) is 0 Å². The van der Waals surface area contributed by atoms with Crippen molar-refractivity contribution in [3.8, 4) is 0 Å². The summed E-state index contributed by atoms with van der Waals surface area (Å²) in [6, 6.07) is 0. The van der Waals surface area contributed by atoms with E-state index >= 15 is 0 Å². The van der Waals surface area contributed by atoms with Gasteiger partial charge in [-0.2, -0.15) is 0 Å². The van der Waals surface area contributed by atoms with E-state index in [1.165, 1.54) is 5.57 Å². The van der Waals surface area contributed by atoms with Gasteiger partial charge in [0, 0.05) is 11.3 Å². The van der Waals surface area contributed by atoms with Crippen LogP contribution in [0.3, 0.4) is 0 Å². The topological polar surface area (TPSA) is 38.7 Å². The standard InChI is InChI=1S/C15H22O3/c1-14(2)10-4-3-9-7-17-13-12(9)15(10,8-18-13)6-5-11(14)16/h3,10-13,16H,4-8H2,1-2H3/t10-,11-,12+,13+,15+/m0/s1. The summed E-state index contributed by atoms with van der Waals surface area (Å²) < 4.78 is 11.7. The minimum Gasteiger partial charge on any atom is -0.393 e. The predicted molar refractivity (Wildman–Crippen MR) is 66.8 cm³/mol. The van der Waals surface area contributed by atoms with E-state index in [0.717, 1.165) is 32.5 Å². The van der Waals surface area contributed by atoms with E-state index in [2.05, 4.69) is 19.9 Å². The quantitative estimate of drug-likeness (QED) is 0.669. The first kappa shape index (κ1) is 11.4. The Morgan fingerprint density at radius 3 is 3.00 bits per heavy atom. The SMILES string of the molecule is CC1(C)[C@@H](O)CC[C@@]23CO[C@H]4OCC(=CC[C@@H]12)[C@H]43. The Morgan fingerprint density at radius 2 is 2.17 bits per heavy atom. The second kappa shape index (κ2) is 3.38. The molecule has 4 rings (SSSR count). The van der Waals surface area contributed by atoms with Crippen molar-refractivity contribution < 1.29 is 14.6 Å². The third-order valence-electron chi connectivity index (χ3n) is 6.17. The van der Waals surface area contributed by atoms with Gasteiger partial charge in [-0.15, -0.1) is 0 Å². The van der Waals surface area contributed by atoms with E-state index in [1.54, 1.807) is 0 Å². The van der Waals surface area contributed by atoms with Gasteiger partial charge >= 0.3 is 0 Å². The highest BCUT2D eigenvalue weighted by atomic mass is 16.7. The molecule has 3 nitrogen and oxygen atoms in total. The lowest BCUT2D eigenvalue weighted by molar-refractivity contribution is -0.114. The molecule has 1 spiro atoms. The normalized spacial score (nSPS) is 52.7. The second-order valence-electron chi connectivity index (χ2n) is 7.14. The highest BCUT2D eigenvalue weighted by Crippen LogP contribution is 2.64. The molecule has 0 radical (unpaired) electrons. The van der Waals surface area contributed by atoms with Crippen molar-refractivity contribution in [1.29, 1.82) is 0 Å². The Kier molecular flexibility index (Phi) is 2.15. The molecule has 0 bridgehead atoms. The van der Waals surface area contributed by atoms with E-state index in [-0.39, 0.29) is 23.2 Å². The number of aliphatic hydroxyl groups is 1. The van der Waals surface area contributed by atoms with Gasteiger partial charge in [-0.3, -0.25) is 0 Å². The van der Waals surface area contributed by atoms with E-state index in [9.17, 15) is 5.11 Å². The van der Waals surface area contributed by atoms with E-state index < -0.39 is 0 Å². The third-order valence-corrected chi connectivity index (χ3v) is 6.17. The first-order valence-electron chi connectivity index (χ1n) is 7.16. The van der Waals surface area contributed by atoms with Gasteiger partial charge in [-0.1, -0.05) is 19.9 Å². The first-order chi connectivity index (χ1) is 8.56. The van der Waals surface area contributed by atoms with Gasteiger partial charge in [0.1, 0.15) is 0 Å². The molecule has 2 heterocycles. The Morgan fingerprint density at radius 1 is 1.33 bits per heavy atom. The van der Waals surface area contributed by atoms with Crippen LogP contribution in [0, 0.1) is 22.7 Å². The van der Waals surface area contributed by atoms with Crippen molar-refractivity contribution in [3.05, 3.63) is 11.6 Å². The lowest BCUT2D eigenvalue weighted by atomic mass is 9.48. The molecule has 1 saturated carbocycles. The molecule has 0 aromatic heterocycles. The van der Waals surface area contributed by atoms with Gasteiger partial charge in [0.2, 0.25) is 0 Å². The largest absolute Gasteiger partial charge is 0.393 e. The molecule has 0 aromatic rings. The monoisotopic (exact) mass is 250 g/mol. The van der Waals surface area contributed by atoms with Gasteiger partial charge in [0.15, 0.2) is 6.29 Å². The Bertz CT molecular complexity index is 414. The highest BCUT2D eigenvalue weighted by Gasteiger charge is 2.64. The number of allylic oxidation sites excluding steroid dienone is 1. The number of hydrogen-bond donors (Lipinski definition) is 1. The minimum atomic E-state index is -0.176. The minimum absolute atomic E-state index is 0.00917. The molecule has 5 atom stereocenters. The van der Waals surface area contributed by atoms with Crippen molar-refractivity contribution in [1.82, 2.24) is 0 Å². The Labute approximate surface area is 108 Å². The summed E-state index contributed by atoms with van der Waals surface area (Å²) in [6.07, 6.45) is 5.25. The van der Waals surface area contributed by atoms with Crippen LogP contribution in [0.5, 0.6) is 0 Å². The molecule has 18 heavy (non-hydrogen) atoms. The van der Waals surface area contributed by atoms with Crippen LogP contribution >= 0.6 is 0 Å². The molecular formula is C15H22O3. The molecule has 3 fully saturated rings. The van der Waals surface area contributed by atoms with E-state index in [1.807, 2.05) is 0 Å². The zero-order valence-corrected chi connectivity index (χ0v) is 11.2. The molecule has 2 aliphatic heterocycles. The zero-order chi connectivity index (χ0) is 12.5. The number of rotatable bonds is 0. The lowest BCUT2D eigenvalue weighted by Crippen LogP contribution is -2.55. The Hall–Kier alpha value is -0.380. The summed E-state index contributed by atoms with van der Waals surface area (Å²) in [5.74, 6) is 0.984. The molecule has 1 N–H and O–H groups in total. The van der Waals surface area contributed by atoms with Gasteiger partial charge in [0.25, 0.3) is 0 Å². The van der Waals surface area contributed by atoms with Crippen molar-refractivity contribution in [2.75, 3.05) is 13.2 Å². The fourth-order valence-corrected chi connectivity index (χ4v) is 5.11. The molecule has 3 heteroatoms. The molecule has 0 amide bonds. The number of hydrogen-bond acceptors (Lipinski definition) is 3. The van der Waals surface area contributed by atoms with Crippen molar-refractivity contribution in [2.45, 2.75) is 45.5 Å². The van der Waals surface area contributed by atoms with Crippen LogP contribution in [0.25, 0.3) is 0 Å². The van der Waals surface area contributed by atoms with Gasteiger partial charge in [-0.25, -0.2) is 0 Å². The fraction of sp³-hybridized carbons (Fsp3) is 0.867. The van der Waals surface area contributed by atoms with Crippen molar-refractivity contribution in [3.63, 3.8) is 0 Å². The summed E-state index contributed by atoms with van der Waals surface area (Å²) in [6.45, 7) is 6.03. The van der Waals surface area contributed by atoms with Gasteiger partial charge in [0.05, 0.1) is 19.3 Å². The van der Waals surface area contributed by atoms with E-state index in [0.29, 0.717) is 11.8 Å². The average molecular weight is 250 g/mol. The zero-order valence-electron chi connectivity index (χ0n) is 11.2. The van der Waals surface area contributed by atoms with Crippen LogP contribution in [0.15, 0.2) is 11.6 Å². The van der Waals surface area contributed by atoms with Crippen LogP contribution < -0.4 is 0 Å². The Balaban J connectivity index is 1.82. The molecular weight excluding hydrogens is 228 g/mol. The van der Waals surface area contributed by atoms with Crippen LogP contribution in [-0.2, 0) is 9.47 Å². The lowest BCUT2D eigenvalue weighted by Gasteiger charge is -2.56. The maximum absolute atomic E-state index is 10.3. The molecule has 2 aliphatic carbocycles. The molecule has 100 valence electrons. The summed E-state index contributed by atoms with van der Waals surface area (Å²) in [5, 5.41) is 10.3. The van der Waals surface area contributed by atoms with Crippen molar-refractivity contribution >= 4 is 0 Å². The molecule has 0 aromatic carbocycles. The predicted octanol–water partition coefficient (Wildman–Crippen LogP) is 2.10. The van der Waals surface area contributed by atoms with Crippen LogP contribution in [0.4, 0.5) is 0 Å². The van der Waals surface area contributed by atoms with Crippen molar-refractivity contribution in [2.24, 2.45) is 22.7 Å². The third kappa shape index (κ3) is 1.16. The maximum atomic E-state index is 10.3. The average Bonchev–Trinajstić information content (AvgIpc) is 2.91. The summed E-state index contributed by atoms with van der Waals surface area (Å²) in [4.78, 5) is 0. The molecule has 0 unspecified atom stereocenters. The number of ether oxygens (including phenoxy) is 2. The first-order valence-corrected chi connectivity index (χ1v) is 7.16. The summed E-state index contributed by atoms with van der Waals surface area (Å²) in [5.41, 5.74) is 1.68. The second-order valence-corrected chi connectivity index (χ2v) is 7.14. The smallest absolute Gasteiger partial charge is 0.165 e. The van der Waals surface area contributed by atoms with Gasteiger partial charge < -0.3 is 14.6 Å². The number of aliphatic hydroxyl groups excluding tert-OH is 1. The van der Waals surface area contributed by atoms with Gasteiger partial charge in [-0.05, 0) is 36.2 Å². The van der Waals surface area contributed by atoms with Crippen LogP contribution in [-0.4, -0.2) is 30.7 Å². The fourth-order valence-electron chi connectivity index (χ4n) is 5.11. The summed E-state index contributed by atoms with van der Waals surface area (Å²) >= 11 is 0. The molecule has 2 saturated heterocycles. The summed E-state index contributed by atoms with van der Waals surface area (Å²) in [7, 11) is 0. The molecule has 4 aliphatic rings.